The average molecular weight is 255 g/mol. The molecule has 0 N–H and O–H groups in total. The third-order valence-corrected chi connectivity index (χ3v) is 3.00. The van der Waals surface area contributed by atoms with Gasteiger partial charge in [0.1, 0.15) is 11.6 Å². The maximum Gasteiger partial charge on any atom is 0.329 e. The van der Waals surface area contributed by atoms with Crippen molar-refractivity contribution in [3.63, 3.8) is 0 Å². The van der Waals surface area contributed by atoms with E-state index in [0.717, 1.165) is 25.7 Å². The summed E-state index contributed by atoms with van der Waals surface area (Å²) in [6.45, 7) is 8.30. The van der Waals surface area contributed by atoms with E-state index >= 15 is 0 Å². The maximum atomic E-state index is 12.0. The Morgan fingerprint density at radius 3 is 2.56 bits per heavy atom. The fraction of sp³-hybridized carbons (Fsp3) is 0.857. The minimum Gasteiger partial charge on any atom is -0.458 e. The van der Waals surface area contributed by atoms with E-state index in [9.17, 15) is 9.59 Å². The zero-order chi connectivity index (χ0) is 13.8. The minimum absolute atomic E-state index is 0.0882. The molecule has 104 valence electrons. The summed E-state index contributed by atoms with van der Waals surface area (Å²) in [5, 5.41) is 0. The van der Waals surface area contributed by atoms with Crippen molar-refractivity contribution in [2.45, 2.75) is 71.4 Å². The predicted octanol–water partition coefficient (Wildman–Crippen LogP) is 2.51. The fourth-order valence-corrected chi connectivity index (χ4v) is 2.15. The highest BCUT2D eigenvalue weighted by atomic mass is 16.6. The van der Waals surface area contributed by atoms with Crippen molar-refractivity contribution in [1.29, 1.82) is 0 Å². The summed E-state index contributed by atoms with van der Waals surface area (Å²) in [5.41, 5.74) is -0.488. The van der Waals surface area contributed by atoms with Gasteiger partial charge in [-0.15, -0.1) is 0 Å². The van der Waals surface area contributed by atoms with Gasteiger partial charge in [0.15, 0.2) is 0 Å². The zero-order valence-electron chi connectivity index (χ0n) is 12.0. The topological polar surface area (TPSA) is 46.6 Å². The molecular formula is C14H25NO3. The molecule has 1 heterocycles. The van der Waals surface area contributed by atoms with E-state index in [1.54, 1.807) is 4.90 Å². The van der Waals surface area contributed by atoms with Crippen molar-refractivity contribution < 1.29 is 14.3 Å². The lowest BCUT2D eigenvalue weighted by Gasteiger charge is -2.27. The largest absolute Gasteiger partial charge is 0.458 e. The molecule has 1 aliphatic rings. The van der Waals surface area contributed by atoms with Gasteiger partial charge in [0.25, 0.3) is 0 Å². The van der Waals surface area contributed by atoms with E-state index in [0.29, 0.717) is 13.0 Å². The van der Waals surface area contributed by atoms with Crippen molar-refractivity contribution in [2.75, 3.05) is 6.54 Å². The molecule has 0 aromatic rings. The third-order valence-electron chi connectivity index (χ3n) is 3.00. The first-order valence-corrected chi connectivity index (χ1v) is 6.87. The maximum absolute atomic E-state index is 12.0. The molecule has 0 aromatic carbocycles. The summed E-state index contributed by atoms with van der Waals surface area (Å²) in [4.78, 5) is 25.7. The number of carbonyl (C=O) groups is 2. The first-order chi connectivity index (χ1) is 8.35. The molecule has 0 radical (unpaired) electrons. The number of likely N-dealkylation sites (tertiary alicyclic amines) is 1. The molecule has 0 bridgehead atoms. The second-order valence-corrected chi connectivity index (χ2v) is 5.88. The molecule has 0 aromatic heterocycles. The summed E-state index contributed by atoms with van der Waals surface area (Å²) >= 11 is 0. The smallest absolute Gasteiger partial charge is 0.329 e. The van der Waals surface area contributed by atoms with Crippen LogP contribution in [0.25, 0.3) is 0 Å². The van der Waals surface area contributed by atoms with Crippen LogP contribution in [-0.4, -0.2) is 35.0 Å². The van der Waals surface area contributed by atoms with Gasteiger partial charge < -0.3 is 9.64 Å². The minimum atomic E-state index is -0.488. The summed E-state index contributed by atoms with van der Waals surface area (Å²) in [7, 11) is 0. The number of hydrogen-bond donors (Lipinski definition) is 0. The molecule has 1 rings (SSSR count). The molecule has 0 spiro atoms. The van der Waals surface area contributed by atoms with Crippen LogP contribution in [0.2, 0.25) is 0 Å². The number of rotatable bonds is 4. The van der Waals surface area contributed by atoms with Crippen molar-refractivity contribution in [3.05, 3.63) is 0 Å². The highest BCUT2D eigenvalue weighted by Gasteiger charge is 2.36. The second-order valence-electron chi connectivity index (χ2n) is 5.88. The van der Waals surface area contributed by atoms with Gasteiger partial charge in [-0.2, -0.15) is 0 Å². The Labute approximate surface area is 110 Å². The summed E-state index contributed by atoms with van der Waals surface area (Å²) in [6.07, 6.45) is 4.04. The molecule has 18 heavy (non-hydrogen) atoms. The molecule has 4 nitrogen and oxygen atoms in total. The first kappa shape index (κ1) is 15.0. The molecule has 1 atom stereocenters. The molecule has 1 amide bonds. The lowest BCUT2D eigenvalue weighted by atomic mass is 10.1. The Bertz CT molecular complexity index is 307. The van der Waals surface area contributed by atoms with Crippen LogP contribution < -0.4 is 0 Å². The van der Waals surface area contributed by atoms with E-state index in [1.807, 2.05) is 20.8 Å². The van der Waals surface area contributed by atoms with Gasteiger partial charge in [0, 0.05) is 13.0 Å². The Kier molecular flexibility index (Phi) is 5.17. The quantitative estimate of drug-likeness (QED) is 0.725. The Balaban J connectivity index is 2.59. The number of nitrogens with zero attached hydrogens (tertiary/aromatic N) is 1. The van der Waals surface area contributed by atoms with Gasteiger partial charge in [-0.25, -0.2) is 4.79 Å². The molecule has 0 aliphatic carbocycles. The van der Waals surface area contributed by atoms with Crippen LogP contribution in [0.4, 0.5) is 0 Å². The van der Waals surface area contributed by atoms with Crippen LogP contribution in [0.3, 0.4) is 0 Å². The molecule has 0 saturated carbocycles. The van der Waals surface area contributed by atoms with Crippen LogP contribution in [0.1, 0.15) is 59.8 Å². The van der Waals surface area contributed by atoms with E-state index in [-0.39, 0.29) is 17.9 Å². The van der Waals surface area contributed by atoms with Crippen molar-refractivity contribution >= 4 is 11.9 Å². The normalized spacial score (nSPS) is 20.0. The van der Waals surface area contributed by atoms with E-state index < -0.39 is 5.60 Å². The van der Waals surface area contributed by atoms with Gasteiger partial charge in [0.2, 0.25) is 5.91 Å². The molecule has 4 heteroatoms. The molecular weight excluding hydrogens is 230 g/mol. The second kappa shape index (κ2) is 6.21. The number of hydrogen-bond acceptors (Lipinski definition) is 3. The lowest BCUT2D eigenvalue weighted by molar-refractivity contribution is -0.163. The van der Waals surface area contributed by atoms with Gasteiger partial charge >= 0.3 is 5.97 Å². The van der Waals surface area contributed by atoms with Crippen LogP contribution in [0.5, 0.6) is 0 Å². The van der Waals surface area contributed by atoms with E-state index in [1.165, 1.54) is 0 Å². The Morgan fingerprint density at radius 2 is 2.00 bits per heavy atom. The van der Waals surface area contributed by atoms with E-state index in [4.69, 9.17) is 4.74 Å². The van der Waals surface area contributed by atoms with Crippen LogP contribution in [0, 0.1) is 0 Å². The van der Waals surface area contributed by atoms with Gasteiger partial charge in [-0.3, -0.25) is 4.79 Å². The van der Waals surface area contributed by atoms with Gasteiger partial charge in [0.05, 0.1) is 0 Å². The van der Waals surface area contributed by atoms with Crippen molar-refractivity contribution in [2.24, 2.45) is 0 Å². The van der Waals surface area contributed by atoms with Crippen molar-refractivity contribution in [1.82, 2.24) is 4.90 Å². The highest BCUT2D eigenvalue weighted by Crippen LogP contribution is 2.22. The molecule has 0 unspecified atom stereocenters. The number of unbranched alkanes of at least 4 members (excludes halogenated alkanes) is 1. The molecule has 1 fully saturated rings. The predicted molar refractivity (Wildman–Crippen MR) is 70.1 cm³/mol. The monoisotopic (exact) mass is 255 g/mol. The van der Waals surface area contributed by atoms with Crippen LogP contribution in [0.15, 0.2) is 0 Å². The average Bonchev–Trinajstić information content (AvgIpc) is 2.72. The van der Waals surface area contributed by atoms with Crippen LogP contribution >= 0.6 is 0 Å². The van der Waals surface area contributed by atoms with Gasteiger partial charge in [-0.05, 0) is 40.0 Å². The summed E-state index contributed by atoms with van der Waals surface area (Å²) in [5.74, 6) is -0.171. The zero-order valence-corrected chi connectivity index (χ0v) is 12.0. The SMILES string of the molecule is CCCCC(=O)N1CCC[C@H]1C(=O)OC(C)(C)C. The standard InChI is InChI=1S/C14H25NO3/c1-5-6-9-12(16)15-10-7-8-11(15)13(17)18-14(2,3)4/h11H,5-10H2,1-4H3/t11-/m0/s1. The lowest BCUT2D eigenvalue weighted by Crippen LogP contribution is -2.43. The fourth-order valence-electron chi connectivity index (χ4n) is 2.15. The molecule has 1 aliphatic heterocycles. The molecule has 1 saturated heterocycles. The summed E-state index contributed by atoms with van der Waals surface area (Å²) in [6, 6.07) is -0.367. The summed E-state index contributed by atoms with van der Waals surface area (Å²) < 4.78 is 5.37. The number of amides is 1. The Hall–Kier alpha value is -1.06. The third kappa shape index (κ3) is 4.31. The van der Waals surface area contributed by atoms with E-state index in [2.05, 4.69) is 6.92 Å². The van der Waals surface area contributed by atoms with Crippen LogP contribution in [-0.2, 0) is 14.3 Å². The Morgan fingerprint density at radius 1 is 1.33 bits per heavy atom. The first-order valence-electron chi connectivity index (χ1n) is 6.87. The number of ether oxygens (including phenoxy) is 1. The van der Waals surface area contributed by atoms with Gasteiger partial charge in [-0.1, -0.05) is 13.3 Å². The highest BCUT2D eigenvalue weighted by molar-refractivity contribution is 5.85. The number of esters is 1. The van der Waals surface area contributed by atoms with Crippen molar-refractivity contribution in [3.8, 4) is 0 Å². The number of carbonyl (C=O) groups excluding carboxylic acids is 2.